The van der Waals surface area contributed by atoms with Gasteiger partial charge in [0.2, 0.25) is 0 Å². The summed E-state index contributed by atoms with van der Waals surface area (Å²) in [6, 6.07) is 0. The summed E-state index contributed by atoms with van der Waals surface area (Å²) in [6.07, 6.45) is 0.778. The maximum atomic E-state index is 10.8. The van der Waals surface area contributed by atoms with Crippen LogP contribution >= 0.6 is 0 Å². The molecular formula is C10H21NO3. The largest absolute Gasteiger partial charge is 0.480 e. The maximum Gasteiger partial charge on any atom is 0.323 e. The smallest absolute Gasteiger partial charge is 0.323 e. The van der Waals surface area contributed by atoms with Gasteiger partial charge in [-0.1, -0.05) is 0 Å². The highest BCUT2D eigenvalue weighted by Crippen LogP contribution is 2.12. The summed E-state index contributed by atoms with van der Waals surface area (Å²) in [5.74, 6) is -0.840. The zero-order valence-corrected chi connectivity index (χ0v) is 9.68. The molecule has 0 aromatic heterocycles. The summed E-state index contributed by atoms with van der Waals surface area (Å²) in [5.41, 5.74) is -1.08. The third-order valence-electron chi connectivity index (χ3n) is 2.38. The summed E-state index contributed by atoms with van der Waals surface area (Å²) < 4.78 is 5.23. The molecule has 0 unspecified atom stereocenters. The second-order valence-corrected chi connectivity index (χ2v) is 4.57. The number of ether oxygens (including phenoxy) is 1. The summed E-state index contributed by atoms with van der Waals surface area (Å²) in [7, 11) is 1.66. The fourth-order valence-corrected chi connectivity index (χ4v) is 0.854. The Kier molecular flexibility index (Phi) is 4.55. The number of aliphatic carboxylic acids is 1. The number of nitrogens with one attached hydrogen (secondary N) is 1. The van der Waals surface area contributed by atoms with Gasteiger partial charge in [-0.15, -0.1) is 0 Å². The van der Waals surface area contributed by atoms with E-state index in [0.717, 1.165) is 6.42 Å². The van der Waals surface area contributed by atoms with Gasteiger partial charge in [-0.3, -0.25) is 4.79 Å². The van der Waals surface area contributed by atoms with Gasteiger partial charge in [0.05, 0.1) is 5.60 Å². The zero-order chi connectivity index (χ0) is 11.4. The first-order valence-corrected chi connectivity index (χ1v) is 4.75. The van der Waals surface area contributed by atoms with Gasteiger partial charge in [0.15, 0.2) is 0 Å². The Morgan fingerprint density at radius 1 is 1.36 bits per heavy atom. The van der Waals surface area contributed by atoms with Crippen molar-refractivity contribution in [2.45, 2.75) is 45.3 Å². The van der Waals surface area contributed by atoms with E-state index in [0.29, 0.717) is 6.54 Å². The van der Waals surface area contributed by atoms with Crippen molar-refractivity contribution < 1.29 is 14.6 Å². The van der Waals surface area contributed by atoms with Crippen molar-refractivity contribution >= 4 is 5.97 Å². The van der Waals surface area contributed by atoms with E-state index >= 15 is 0 Å². The molecule has 0 rings (SSSR count). The number of hydrogen-bond acceptors (Lipinski definition) is 3. The van der Waals surface area contributed by atoms with E-state index in [2.05, 4.69) is 5.32 Å². The molecule has 0 aliphatic rings. The lowest BCUT2D eigenvalue weighted by Gasteiger charge is -2.26. The first-order chi connectivity index (χ1) is 6.21. The second-order valence-electron chi connectivity index (χ2n) is 4.57. The minimum atomic E-state index is -0.871. The molecule has 0 radical (unpaired) electrons. The number of carboxylic acids is 1. The SMILES string of the molecule is COC(C)(C)CCNC(C)(C)C(=O)O. The van der Waals surface area contributed by atoms with Crippen molar-refractivity contribution in [3.63, 3.8) is 0 Å². The number of carboxylic acid groups (broad SMARTS) is 1. The molecule has 0 aromatic rings. The van der Waals surface area contributed by atoms with Crippen molar-refractivity contribution in [1.29, 1.82) is 0 Å². The Bertz CT molecular complexity index is 200. The Morgan fingerprint density at radius 2 is 1.86 bits per heavy atom. The highest BCUT2D eigenvalue weighted by atomic mass is 16.5. The van der Waals surface area contributed by atoms with Crippen LogP contribution in [0.2, 0.25) is 0 Å². The quantitative estimate of drug-likeness (QED) is 0.682. The van der Waals surface area contributed by atoms with Gasteiger partial charge in [-0.2, -0.15) is 0 Å². The summed E-state index contributed by atoms with van der Waals surface area (Å²) >= 11 is 0. The molecule has 2 N–H and O–H groups in total. The van der Waals surface area contributed by atoms with Crippen molar-refractivity contribution in [3.05, 3.63) is 0 Å². The predicted octanol–water partition coefficient (Wildman–Crippen LogP) is 1.25. The molecule has 0 aliphatic carbocycles. The molecule has 4 nitrogen and oxygen atoms in total. The Labute approximate surface area is 85.6 Å². The van der Waals surface area contributed by atoms with Crippen molar-refractivity contribution in [2.75, 3.05) is 13.7 Å². The van der Waals surface area contributed by atoms with E-state index in [9.17, 15) is 4.79 Å². The van der Waals surface area contributed by atoms with Crippen LogP contribution in [0.5, 0.6) is 0 Å². The fourth-order valence-electron chi connectivity index (χ4n) is 0.854. The molecule has 0 saturated carbocycles. The molecule has 0 fully saturated rings. The highest BCUT2D eigenvalue weighted by molar-refractivity contribution is 5.77. The Hall–Kier alpha value is -0.610. The molecule has 14 heavy (non-hydrogen) atoms. The topological polar surface area (TPSA) is 58.6 Å². The van der Waals surface area contributed by atoms with E-state index in [4.69, 9.17) is 9.84 Å². The fraction of sp³-hybridized carbons (Fsp3) is 0.900. The maximum absolute atomic E-state index is 10.8. The minimum Gasteiger partial charge on any atom is -0.480 e. The van der Waals surface area contributed by atoms with Gasteiger partial charge in [-0.05, 0) is 40.7 Å². The molecular weight excluding hydrogens is 182 g/mol. The van der Waals surface area contributed by atoms with Crippen LogP contribution < -0.4 is 5.32 Å². The molecule has 0 atom stereocenters. The first kappa shape index (κ1) is 13.4. The summed E-state index contributed by atoms with van der Waals surface area (Å²) in [6.45, 7) is 7.87. The molecule has 0 heterocycles. The van der Waals surface area contributed by atoms with Crippen LogP contribution in [-0.2, 0) is 9.53 Å². The molecule has 0 saturated heterocycles. The molecule has 0 aliphatic heterocycles. The standard InChI is InChI=1S/C10H21NO3/c1-9(2,14-5)6-7-11-10(3,4)8(12)13/h11H,6-7H2,1-5H3,(H,12,13). The normalized spacial score (nSPS) is 12.9. The van der Waals surface area contributed by atoms with Gasteiger partial charge in [0.25, 0.3) is 0 Å². The highest BCUT2D eigenvalue weighted by Gasteiger charge is 2.27. The van der Waals surface area contributed by atoms with Gasteiger partial charge < -0.3 is 15.2 Å². The molecule has 0 bridgehead atoms. The lowest BCUT2D eigenvalue weighted by Crippen LogP contribution is -2.48. The minimum absolute atomic E-state index is 0.207. The lowest BCUT2D eigenvalue weighted by molar-refractivity contribution is -0.143. The van der Waals surface area contributed by atoms with Crippen LogP contribution in [0.15, 0.2) is 0 Å². The van der Waals surface area contributed by atoms with Gasteiger partial charge in [0.1, 0.15) is 5.54 Å². The third kappa shape index (κ3) is 4.58. The zero-order valence-electron chi connectivity index (χ0n) is 9.68. The van der Waals surface area contributed by atoms with E-state index < -0.39 is 11.5 Å². The lowest BCUT2D eigenvalue weighted by atomic mass is 10.0. The van der Waals surface area contributed by atoms with Gasteiger partial charge >= 0.3 is 5.97 Å². The number of carbonyl (C=O) groups is 1. The van der Waals surface area contributed by atoms with Gasteiger partial charge in [0, 0.05) is 7.11 Å². The molecule has 0 amide bonds. The van der Waals surface area contributed by atoms with E-state index in [1.807, 2.05) is 13.8 Å². The average Bonchev–Trinajstić information content (AvgIpc) is 2.03. The van der Waals surface area contributed by atoms with Crippen LogP contribution in [0, 0.1) is 0 Å². The summed E-state index contributed by atoms with van der Waals surface area (Å²) in [5, 5.41) is 11.8. The predicted molar refractivity (Wildman–Crippen MR) is 55.4 cm³/mol. The molecule has 0 spiro atoms. The Morgan fingerprint density at radius 3 is 2.21 bits per heavy atom. The van der Waals surface area contributed by atoms with Crippen LogP contribution in [0.1, 0.15) is 34.1 Å². The molecule has 84 valence electrons. The third-order valence-corrected chi connectivity index (χ3v) is 2.38. The summed E-state index contributed by atoms with van der Waals surface area (Å²) in [4.78, 5) is 10.8. The van der Waals surface area contributed by atoms with Crippen molar-refractivity contribution in [2.24, 2.45) is 0 Å². The average molecular weight is 203 g/mol. The number of hydrogen-bond donors (Lipinski definition) is 2. The van der Waals surface area contributed by atoms with Crippen LogP contribution in [0.25, 0.3) is 0 Å². The van der Waals surface area contributed by atoms with Crippen molar-refractivity contribution in [3.8, 4) is 0 Å². The van der Waals surface area contributed by atoms with Crippen molar-refractivity contribution in [1.82, 2.24) is 5.32 Å². The monoisotopic (exact) mass is 203 g/mol. The number of rotatable bonds is 6. The van der Waals surface area contributed by atoms with E-state index in [-0.39, 0.29) is 5.60 Å². The second kappa shape index (κ2) is 4.75. The van der Waals surface area contributed by atoms with Crippen LogP contribution in [-0.4, -0.2) is 35.9 Å². The van der Waals surface area contributed by atoms with E-state index in [1.165, 1.54) is 0 Å². The number of methoxy groups -OCH3 is 1. The molecule has 4 heteroatoms. The van der Waals surface area contributed by atoms with Crippen LogP contribution in [0.4, 0.5) is 0 Å². The van der Waals surface area contributed by atoms with Gasteiger partial charge in [-0.25, -0.2) is 0 Å². The van der Waals surface area contributed by atoms with E-state index in [1.54, 1.807) is 21.0 Å². The first-order valence-electron chi connectivity index (χ1n) is 4.75. The molecule has 0 aromatic carbocycles. The van der Waals surface area contributed by atoms with Crippen LogP contribution in [0.3, 0.4) is 0 Å². The Balaban J connectivity index is 3.91.